The van der Waals surface area contributed by atoms with Gasteiger partial charge in [-0.1, -0.05) is 6.08 Å². The van der Waals surface area contributed by atoms with E-state index < -0.39 is 0 Å². The maximum absolute atomic E-state index is 12.9. The normalized spacial score (nSPS) is 9.73. The fraction of sp³-hybridized carbons (Fsp3) is 0.250. The van der Waals surface area contributed by atoms with E-state index in [4.69, 9.17) is 0 Å². The molecule has 0 unspecified atom stereocenters. The zero-order valence-corrected chi connectivity index (χ0v) is 8.72. The van der Waals surface area contributed by atoms with Gasteiger partial charge in [-0.25, -0.2) is 4.39 Å². The monoisotopic (exact) mass is 207 g/mol. The number of benzene rings is 1. The molecule has 0 aliphatic rings. The number of nitrogens with one attached hydrogen (secondary N) is 1. The van der Waals surface area contributed by atoms with E-state index in [-0.39, 0.29) is 11.7 Å². The van der Waals surface area contributed by atoms with Gasteiger partial charge in [-0.15, -0.1) is 6.58 Å². The van der Waals surface area contributed by atoms with Crippen molar-refractivity contribution < 1.29 is 9.18 Å². The highest BCUT2D eigenvalue weighted by Crippen LogP contribution is 2.08. The Labute approximate surface area is 88.8 Å². The van der Waals surface area contributed by atoms with Gasteiger partial charge in [0.1, 0.15) is 5.82 Å². The molecule has 0 fully saturated rings. The van der Waals surface area contributed by atoms with Crippen LogP contribution in [-0.2, 0) is 0 Å². The number of aryl methyl sites for hydroxylation is 1. The van der Waals surface area contributed by atoms with Crippen molar-refractivity contribution in [1.82, 2.24) is 5.32 Å². The van der Waals surface area contributed by atoms with Crippen LogP contribution in [0.25, 0.3) is 0 Å². The molecule has 0 radical (unpaired) electrons. The van der Waals surface area contributed by atoms with Crippen LogP contribution >= 0.6 is 0 Å². The summed E-state index contributed by atoms with van der Waals surface area (Å²) in [7, 11) is 0. The molecule has 0 aromatic heterocycles. The summed E-state index contributed by atoms with van der Waals surface area (Å²) >= 11 is 0. The third-order valence-corrected chi connectivity index (χ3v) is 2.05. The molecule has 80 valence electrons. The number of carbonyl (C=O) groups excluding carboxylic acids is 1. The Bertz CT molecular complexity index is 374. The minimum absolute atomic E-state index is 0.181. The molecule has 15 heavy (non-hydrogen) atoms. The molecule has 1 amide bonds. The van der Waals surface area contributed by atoms with Crippen LogP contribution in [0, 0.1) is 12.7 Å². The first-order chi connectivity index (χ1) is 7.15. The molecule has 1 rings (SSSR count). The van der Waals surface area contributed by atoms with E-state index in [1.165, 1.54) is 12.1 Å². The van der Waals surface area contributed by atoms with Crippen LogP contribution in [0.4, 0.5) is 4.39 Å². The minimum atomic E-state index is -0.294. The Kier molecular flexibility index (Phi) is 4.03. The highest BCUT2D eigenvalue weighted by molar-refractivity contribution is 5.94. The average molecular weight is 207 g/mol. The van der Waals surface area contributed by atoms with Crippen molar-refractivity contribution >= 4 is 5.91 Å². The van der Waals surface area contributed by atoms with Crippen molar-refractivity contribution in [2.24, 2.45) is 0 Å². The van der Waals surface area contributed by atoms with Crippen molar-refractivity contribution in [3.8, 4) is 0 Å². The van der Waals surface area contributed by atoms with Gasteiger partial charge in [0.25, 0.3) is 5.91 Å². The molecular formula is C12H14FNO. The Balaban J connectivity index is 2.65. The lowest BCUT2D eigenvalue weighted by atomic mass is 10.1. The van der Waals surface area contributed by atoms with Gasteiger partial charge in [-0.3, -0.25) is 4.79 Å². The molecule has 0 aliphatic carbocycles. The molecule has 0 bridgehead atoms. The first-order valence-electron chi connectivity index (χ1n) is 4.80. The second-order valence-electron chi connectivity index (χ2n) is 3.30. The van der Waals surface area contributed by atoms with Crippen molar-refractivity contribution in [1.29, 1.82) is 0 Å². The highest BCUT2D eigenvalue weighted by Gasteiger charge is 2.06. The third kappa shape index (κ3) is 3.20. The fourth-order valence-corrected chi connectivity index (χ4v) is 1.18. The number of hydrogen-bond acceptors (Lipinski definition) is 1. The Morgan fingerprint density at radius 3 is 2.93 bits per heavy atom. The summed E-state index contributed by atoms with van der Waals surface area (Å²) in [6, 6.07) is 4.32. The zero-order chi connectivity index (χ0) is 11.3. The molecule has 0 aliphatic heterocycles. The van der Waals surface area contributed by atoms with Crippen LogP contribution in [0.3, 0.4) is 0 Å². The SMILES string of the molecule is C=CCCNC(=O)c1ccc(F)c(C)c1. The second-order valence-corrected chi connectivity index (χ2v) is 3.30. The summed E-state index contributed by atoms with van der Waals surface area (Å²) < 4.78 is 12.9. The summed E-state index contributed by atoms with van der Waals surface area (Å²) in [5.41, 5.74) is 0.962. The van der Waals surface area contributed by atoms with E-state index in [0.29, 0.717) is 17.7 Å². The van der Waals surface area contributed by atoms with E-state index >= 15 is 0 Å². The second kappa shape index (κ2) is 5.29. The first kappa shape index (κ1) is 11.4. The molecular weight excluding hydrogens is 193 g/mol. The van der Waals surface area contributed by atoms with Gasteiger partial charge < -0.3 is 5.32 Å². The molecule has 0 saturated carbocycles. The van der Waals surface area contributed by atoms with Gasteiger partial charge in [0.15, 0.2) is 0 Å². The predicted octanol–water partition coefficient (Wildman–Crippen LogP) is 2.44. The van der Waals surface area contributed by atoms with Crippen LogP contribution in [0.5, 0.6) is 0 Å². The standard InChI is InChI=1S/C12H14FNO/c1-3-4-7-14-12(15)10-5-6-11(13)9(2)8-10/h3,5-6,8H,1,4,7H2,2H3,(H,14,15). The van der Waals surface area contributed by atoms with Crippen molar-refractivity contribution in [2.45, 2.75) is 13.3 Å². The lowest BCUT2D eigenvalue weighted by Gasteiger charge is -2.04. The first-order valence-corrected chi connectivity index (χ1v) is 4.80. The summed E-state index contributed by atoms with van der Waals surface area (Å²) in [5, 5.41) is 2.71. The van der Waals surface area contributed by atoms with Gasteiger partial charge >= 0.3 is 0 Å². The summed E-state index contributed by atoms with van der Waals surface area (Å²) in [4.78, 5) is 11.5. The van der Waals surface area contributed by atoms with Gasteiger partial charge in [0.2, 0.25) is 0 Å². The van der Waals surface area contributed by atoms with Crippen molar-refractivity contribution in [3.05, 3.63) is 47.8 Å². The highest BCUT2D eigenvalue weighted by atomic mass is 19.1. The number of hydrogen-bond donors (Lipinski definition) is 1. The Morgan fingerprint density at radius 2 is 2.33 bits per heavy atom. The maximum Gasteiger partial charge on any atom is 0.251 e. The van der Waals surface area contributed by atoms with Gasteiger partial charge in [0.05, 0.1) is 0 Å². The molecule has 2 nitrogen and oxygen atoms in total. The molecule has 0 saturated heterocycles. The van der Waals surface area contributed by atoms with Crippen LogP contribution in [0.1, 0.15) is 22.3 Å². The summed E-state index contributed by atoms with van der Waals surface area (Å²) in [6.07, 6.45) is 2.46. The summed E-state index contributed by atoms with van der Waals surface area (Å²) in [5.74, 6) is -0.474. The predicted molar refractivity (Wildman–Crippen MR) is 58.3 cm³/mol. The van der Waals surface area contributed by atoms with Crippen LogP contribution in [-0.4, -0.2) is 12.5 Å². The van der Waals surface area contributed by atoms with Crippen molar-refractivity contribution in [3.63, 3.8) is 0 Å². The quantitative estimate of drug-likeness (QED) is 0.596. The summed E-state index contributed by atoms with van der Waals surface area (Å²) in [6.45, 7) is 5.74. The third-order valence-electron chi connectivity index (χ3n) is 2.05. The molecule has 0 heterocycles. The Morgan fingerprint density at radius 1 is 1.60 bits per heavy atom. The van der Waals surface area contributed by atoms with Gasteiger partial charge in [0, 0.05) is 12.1 Å². The van der Waals surface area contributed by atoms with Gasteiger partial charge in [-0.2, -0.15) is 0 Å². The number of amides is 1. The lowest BCUT2D eigenvalue weighted by Crippen LogP contribution is -2.24. The van der Waals surface area contributed by atoms with E-state index in [1.54, 1.807) is 19.1 Å². The van der Waals surface area contributed by atoms with Crippen LogP contribution < -0.4 is 5.32 Å². The number of halogens is 1. The number of carbonyl (C=O) groups is 1. The average Bonchev–Trinajstić information content (AvgIpc) is 2.22. The van der Waals surface area contributed by atoms with E-state index in [1.807, 2.05) is 0 Å². The van der Waals surface area contributed by atoms with E-state index in [9.17, 15) is 9.18 Å². The maximum atomic E-state index is 12.9. The topological polar surface area (TPSA) is 29.1 Å². The molecule has 1 aromatic carbocycles. The Hall–Kier alpha value is -1.64. The van der Waals surface area contributed by atoms with E-state index in [2.05, 4.69) is 11.9 Å². The molecule has 1 aromatic rings. The minimum Gasteiger partial charge on any atom is -0.352 e. The largest absolute Gasteiger partial charge is 0.352 e. The molecule has 1 N–H and O–H groups in total. The molecule has 3 heteroatoms. The lowest BCUT2D eigenvalue weighted by molar-refractivity contribution is 0.0954. The fourth-order valence-electron chi connectivity index (χ4n) is 1.18. The van der Waals surface area contributed by atoms with E-state index in [0.717, 1.165) is 6.42 Å². The van der Waals surface area contributed by atoms with Gasteiger partial charge in [-0.05, 0) is 37.1 Å². The van der Waals surface area contributed by atoms with Crippen LogP contribution in [0.2, 0.25) is 0 Å². The van der Waals surface area contributed by atoms with Crippen LogP contribution in [0.15, 0.2) is 30.9 Å². The molecule has 0 spiro atoms. The smallest absolute Gasteiger partial charge is 0.251 e. The zero-order valence-electron chi connectivity index (χ0n) is 8.72. The number of rotatable bonds is 4. The van der Waals surface area contributed by atoms with Crippen molar-refractivity contribution in [2.75, 3.05) is 6.54 Å². The molecule has 0 atom stereocenters.